The summed E-state index contributed by atoms with van der Waals surface area (Å²) in [4.78, 5) is 23.7. The normalized spacial score (nSPS) is 13.7. The van der Waals surface area contributed by atoms with Crippen molar-refractivity contribution in [2.75, 3.05) is 17.2 Å². The third-order valence-electron chi connectivity index (χ3n) is 3.92. The molecular formula is C19H17F3N2O3. The van der Waals surface area contributed by atoms with Gasteiger partial charge in [0.1, 0.15) is 5.75 Å². The van der Waals surface area contributed by atoms with Crippen molar-refractivity contribution >= 4 is 23.2 Å². The van der Waals surface area contributed by atoms with Crippen LogP contribution >= 0.6 is 0 Å². The Morgan fingerprint density at radius 1 is 1.00 bits per heavy atom. The van der Waals surface area contributed by atoms with E-state index in [4.69, 9.17) is 4.74 Å². The van der Waals surface area contributed by atoms with Gasteiger partial charge in [0, 0.05) is 23.4 Å². The minimum absolute atomic E-state index is 0.0350. The number of hydrogen-bond acceptors (Lipinski definition) is 3. The molecule has 0 saturated heterocycles. The van der Waals surface area contributed by atoms with Crippen LogP contribution in [0.4, 0.5) is 24.5 Å². The average Bonchev–Trinajstić information content (AvgIpc) is 3.45. The molecule has 1 aliphatic rings. The topological polar surface area (TPSA) is 67.4 Å². The van der Waals surface area contributed by atoms with Crippen LogP contribution in [0.15, 0.2) is 48.5 Å². The predicted molar refractivity (Wildman–Crippen MR) is 93.4 cm³/mol. The maximum atomic E-state index is 12.5. The molecule has 2 aromatic rings. The molecule has 0 aliphatic heterocycles. The van der Waals surface area contributed by atoms with Crippen LogP contribution in [0.1, 0.15) is 18.4 Å². The smallest absolute Gasteiger partial charge is 0.416 e. The number of nitrogens with one attached hydrogen (secondary N) is 2. The van der Waals surface area contributed by atoms with Gasteiger partial charge in [-0.05, 0) is 49.2 Å². The van der Waals surface area contributed by atoms with E-state index in [9.17, 15) is 22.8 Å². The zero-order valence-corrected chi connectivity index (χ0v) is 14.2. The van der Waals surface area contributed by atoms with E-state index in [1.807, 2.05) is 0 Å². The molecule has 1 aliphatic carbocycles. The molecule has 3 rings (SSSR count). The largest absolute Gasteiger partial charge is 0.484 e. The fraction of sp³-hybridized carbons (Fsp3) is 0.263. The van der Waals surface area contributed by atoms with E-state index in [0.29, 0.717) is 11.4 Å². The van der Waals surface area contributed by atoms with Gasteiger partial charge in [0.2, 0.25) is 5.91 Å². The van der Waals surface area contributed by atoms with E-state index >= 15 is 0 Å². The average molecular weight is 378 g/mol. The van der Waals surface area contributed by atoms with Gasteiger partial charge in [-0.15, -0.1) is 0 Å². The van der Waals surface area contributed by atoms with Crippen molar-refractivity contribution in [2.24, 2.45) is 5.92 Å². The molecule has 0 unspecified atom stereocenters. The van der Waals surface area contributed by atoms with E-state index in [1.54, 1.807) is 24.3 Å². The molecule has 0 bridgehead atoms. The second-order valence-electron chi connectivity index (χ2n) is 6.20. The Morgan fingerprint density at radius 2 is 1.70 bits per heavy atom. The Morgan fingerprint density at radius 3 is 2.33 bits per heavy atom. The van der Waals surface area contributed by atoms with Crippen LogP contribution in [-0.2, 0) is 15.8 Å². The highest BCUT2D eigenvalue weighted by Crippen LogP contribution is 2.31. The molecular weight excluding hydrogens is 361 g/mol. The number of benzene rings is 2. The van der Waals surface area contributed by atoms with Crippen LogP contribution in [0, 0.1) is 5.92 Å². The van der Waals surface area contributed by atoms with Crippen LogP contribution in [0.5, 0.6) is 5.75 Å². The molecule has 5 nitrogen and oxygen atoms in total. The molecule has 0 aromatic heterocycles. The van der Waals surface area contributed by atoms with Crippen molar-refractivity contribution in [3.63, 3.8) is 0 Å². The van der Waals surface area contributed by atoms with E-state index in [-0.39, 0.29) is 24.1 Å². The number of amides is 2. The lowest BCUT2D eigenvalue weighted by molar-refractivity contribution is -0.137. The lowest BCUT2D eigenvalue weighted by atomic mass is 10.2. The molecule has 1 fully saturated rings. The van der Waals surface area contributed by atoms with Gasteiger partial charge in [-0.3, -0.25) is 9.59 Å². The standard InChI is InChI=1S/C19H17F3N2O3/c20-19(21,22)13-6-8-14(9-7-13)23-17(25)11-27-16-3-1-2-15(10-16)24-18(26)12-4-5-12/h1-3,6-10,12H,4-5,11H2,(H,23,25)(H,24,26). The number of ether oxygens (including phenoxy) is 1. The van der Waals surface area contributed by atoms with Crippen molar-refractivity contribution in [3.05, 3.63) is 54.1 Å². The molecule has 0 heterocycles. The first-order valence-corrected chi connectivity index (χ1v) is 8.32. The summed E-state index contributed by atoms with van der Waals surface area (Å²) in [6, 6.07) is 10.8. The quantitative estimate of drug-likeness (QED) is 0.796. The Balaban J connectivity index is 1.50. The van der Waals surface area contributed by atoms with Gasteiger partial charge in [-0.25, -0.2) is 0 Å². The minimum Gasteiger partial charge on any atom is -0.484 e. The van der Waals surface area contributed by atoms with Crippen LogP contribution in [0.2, 0.25) is 0 Å². The summed E-state index contributed by atoms with van der Waals surface area (Å²) in [5, 5.41) is 5.24. The van der Waals surface area contributed by atoms with Gasteiger partial charge in [-0.2, -0.15) is 13.2 Å². The second kappa shape index (κ2) is 7.69. The van der Waals surface area contributed by atoms with Crippen molar-refractivity contribution in [3.8, 4) is 5.75 Å². The Kier molecular flexibility index (Phi) is 5.34. The first-order chi connectivity index (χ1) is 12.8. The van der Waals surface area contributed by atoms with Gasteiger partial charge in [0.25, 0.3) is 5.91 Å². The highest BCUT2D eigenvalue weighted by atomic mass is 19.4. The van der Waals surface area contributed by atoms with Crippen molar-refractivity contribution in [1.82, 2.24) is 0 Å². The molecule has 0 radical (unpaired) electrons. The number of anilines is 2. The first-order valence-electron chi connectivity index (χ1n) is 8.32. The summed E-state index contributed by atoms with van der Waals surface area (Å²) < 4.78 is 42.9. The zero-order chi connectivity index (χ0) is 19.4. The maximum Gasteiger partial charge on any atom is 0.416 e. The summed E-state index contributed by atoms with van der Waals surface area (Å²) in [6.07, 6.45) is -2.64. The molecule has 142 valence electrons. The molecule has 8 heteroatoms. The lowest BCUT2D eigenvalue weighted by Crippen LogP contribution is -2.20. The van der Waals surface area contributed by atoms with E-state index in [1.165, 1.54) is 12.1 Å². The van der Waals surface area contributed by atoms with E-state index in [0.717, 1.165) is 25.0 Å². The van der Waals surface area contributed by atoms with Gasteiger partial charge in [-0.1, -0.05) is 6.07 Å². The third kappa shape index (κ3) is 5.47. The SMILES string of the molecule is O=C(COc1cccc(NC(=O)C2CC2)c1)Nc1ccc(C(F)(F)F)cc1. The van der Waals surface area contributed by atoms with Crippen molar-refractivity contribution in [2.45, 2.75) is 19.0 Å². The highest BCUT2D eigenvalue weighted by molar-refractivity contribution is 5.94. The molecule has 2 N–H and O–H groups in total. The van der Waals surface area contributed by atoms with Crippen LogP contribution in [0.25, 0.3) is 0 Å². The van der Waals surface area contributed by atoms with Gasteiger partial charge in [0.15, 0.2) is 6.61 Å². The maximum absolute atomic E-state index is 12.5. The van der Waals surface area contributed by atoms with Crippen LogP contribution < -0.4 is 15.4 Å². The minimum atomic E-state index is -4.43. The summed E-state index contributed by atoms with van der Waals surface area (Å²) in [5.74, 6) is -0.0790. The van der Waals surface area contributed by atoms with Gasteiger partial charge >= 0.3 is 6.18 Å². The second-order valence-corrected chi connectivity index (χ2v) is 6.20. The molecule has 2 amide bonds. The predicted octanol–water partition coefficient (Wildman–Crippen LogP) is 4.07. The van der Waals surface area contributed by atoms with E-state index < -0.39 is 17.6 Å². The van der Waals surface area contributed by atoms with Crippen molar-refractivity contribution in [1.29, 1.82) is 0 Å². The highest BCUT2D eigenvalue weighted by Gasteiger charge is 2.30. The Labute approximate surface area is 153 Å². The Bertz CT molecular complexity index is 831. The van der Waals surface area contributed by atoms with Crippen LogP contribution in [-0.4, -0.2) is 18.4 Å². The fourth-order valence-electron chi connectivity index (χ4n) is 2.34. The summed E-state index contributed by atoms with van der Waals surface area (Å²) in [5.41, 5.74) is 0.0244. The number of carbonyl (C=O) groups is 2. The number of halogens is 3. The van der Waals surface area contributed by atoms with Crippen molar-refractivity contribution < 1.29 is 27.5 Å². The molecule has 0 spiro atoms. The first kappa shape index (κ1) is 18.8. The van der Waals surface area contributed by atoms with Crippen LogP contribution in [0.3, 0.4) is 0 Å². The summed E-state index contributed by atoms with van der Waals surface area (Å²) in [7, 11) is 0. The molecule has 2 aromatic carbocycles. The lowest BCUT2D eigenvalue weighted by Gasteiger charge is -2.10. The van der Waals surface area contributed by atoms with E-state index in [2.05, 4.69) is 10.6 Å². The molecule has 1 saturated carbocycles. The third-order valence-corrected chi connectivity index (χ3v) is 3.92. The number of hydrogen-bond donors (Lipinski definition) is 2. The number of alkyl halides is 3. The number of rotatable bonds is 6. The summed E-state index contributed by atoms with van der Waals surface area (Å²) in [6.45, 7) is -0.318. The van der Waals surface area contributed by atoms with Gasteiger partial charge < -0.3 is 15.4 Å². The summed E-state index contributed by atoms with van der Waals surface area (Å²) >= 11 is 0. The number of carbonyl (C=O) groups excluding carboxylic acids is 2. The molecule has 27 heavy (non-hydrogen) atoms. The fourth-order valence-corrected chi connectivity index (χ4v) is 2.34. The Hall–Kier alpha value is -3.03. The zero-order valence-electron chi connectivity index (χ0n) is 14.2. The monoisotopic (exact) mass is 378 g/mol. The van der Waals surface area contributed by atoms with Gasteiger partial charge in [0.05, 0.1) is 5.56 Å². The molecule has 0 atom stereocenters.